The fourth-order valence-corrected chi connectivity index (χ4v) is 4.25. The van der Waals surface area contributed by atoms with E-state index < -0.39 is 42.9 Å². The second kappa shape index (κ2) is 15.5. The molecule has 11 nitrogen and oxygen atoms in total. The van der Waals surface area contributed by atoms with Crippen LogP contribution in [0.25, 0.3) is 0 Å². The lowest BCUT2D eigenvalue weighted by atomic mass is 9.75. The maximum Gasteiger partial charge on any atom is 0.475 e. The van der Waals surface area contributed by atoms with Gasteiger partial charge in [0.15, 0.2) is 0 Å². The molecule has 0 aliphatic carbocycles. The molecule has 0 bridgehead atoms. The summed E-state index contributed by atoms with van der Waals surface area (Å²) >= 11 is 0. The molecule has 0 aliphatic heterocycles. The number of nitrogens with one attached hydrogen (secondary N) is 3. The number of rotatable bonds is 14. The predicted molar refractivity (Wildman–Crippen MR) is 158 cm³/mol. The Labute approximate surface area is 245 Å². The van der Waals surface area contributed by atoms with E-state index in [1.807, 2.05) is 0 Å². The highest BCUT2D eigenvalue weighted by atomic mass is 16.5. The summed E-state index contributed by atoms with van der Waals surface area (Å²) in [6, 6.07) is 15.2. The molecule has 3 aromatic rings. The number of aromatic nitrogens is 1. The van der Waals surface area contributed by atoms with E-state index in [2.05, 4.69) is 20.9 Å². The molecule has 0 fully saturated rings. The summed E-state index contributed by atoms with van der Waals surface area (Å²) in [5.41, 5.74) is 1.79. The second-order valence-electron chi connectivity index (χ2n) is 10.1. The van der Waals surface area contributed by atoms with Crippen molar-refractivity contribution in [3.63, 3.8) is 0 Å². The Balaban J connectivity index is 1.77. The van der Waals surface area contributed by atoms with Crippen molar-refractivity contribution in [2.45, 2.75) is 44.7 Å². The molecular formula is C30H37BN4O7. The Kier molecular flexibility index (Phi) is 11.9. The van der Waals surface area contributed by atoms with Crippen LogP contribution in [0.2, 0.25) is 0 Å². The van der Waals surface area contributed by atoms with Crippen LogP contribution in [0.4, 0.5) is 0 Å². The van der Waals surface area contributed by atoms with Crippen molar-refractivity contribution in [3.05, 3.63) is 89.7 Å². The summed E-state index contributed by atoms with van der Waals surface area (Å²) in [4.78, 5) is 43.8. The zero-order chi connectivity index (χ0) is 30.6. The minimum absolute atomic E-state index is 0.132. The van der Waals surface area contributed by atoms with Crippen molar-refractivity contribution in [2.24, 2.45) is 5.92 Å². The van der Waals surface area contributed by atoms with Gasteiger partial charge in [-0.25, -0.2) is 0 Å². The number of hydrogen-bond donors (Lipinski definition) is 5. The minimum atomic E-state index is -1.85. The smallest absolute Gasteiger partial charge is 0.475 e. The maximum atomic E-state index is 13.6. The van der Waals surface area contributed by atoms with Crippen LogP contribution in [0.1, 0.15) is 35.3 Å². The molecule has 0 radical (unpaired) electrons. The second-order valence-corrected chi connectivity index (χ2v) is 10.1. The summed E-state index contributed by atoms with van der Waals surface area (Å²) in [7, 11) is 1.25. The van der Waals surface area contributed by atoms with Crippen molar-refractivity contribution in [3.8, 4) is 11.5 Å². The number of ether oxygens (including phenoxy) is 2. The van der Waals surface area contributed by atoms with Gasteiger partial charge in [0.2, 0.25) is 11.8 Å². The Morgan fingerprint density at radius 2 is 1.38 bits per heavy atom. The molecule has 1 aromatic heterocycles. The molecule has 3 atom stereocenters. The number of amides is 3. The predicted octanol–water partition coefficient (Wildman–Crippen LogP) is 1.32. The highest BCUT2D eigenvalue weighted by Crippen LogP contribution is 2.15. The van der Waals surface area contributed by atoms with Crippen LogP contribution in [0.5, 0.6) is 11.5 Å². The van der Waals surface area contributed by atoms with Crippen LogP contribution >= 0.6 is 0 Å². The Morgan fingerprint density at radius 3 is 1.86 bits per heavy atom. The van der Waals surface area contributed by atoms with E-state index in [1.165, 1.54) is 12.4 Å². The molecule has 0 saturated heterocycles. The highest BCUT2D eigenvalue weighted by Gasteiger charge is 2.33. The van der Waals surface area contributed by atoms with Gasteiger partial charge in [0, 0.05) is 18.8 Å². The van der Waals surface area contributed by atoms with Crippen molar-refractivity contribution < 1.29 is 33.9 Å². The third-order valence-electron chi connectivity index (χ3n) is 6.69. The standard InChI is InChI=1S/C30H37BN4O7/c1-19(2)27(30(38)34-26(31(39)40)17-21-9-13-24(42-4)14-10-21)35-29(37)25(16-20-7-11-23(41-3)12-8-20)33-28(36)22-6-5-15-32-18-22/h5-15,18-19,25-27,39-40H,16-17H2,1-4H3,(H,33,36)(H,34,38)(H,35,37)/t25-,26-,27-/m0/s1. The summed E-state index contributed by atoms with van der Waals surface area (Å²) < 4.78 is 10.4. The zero-order valence-corrected chi connectivity index (χ0v) is 24.1. The molecule has 0 spiro atoms. The van der Waals surface area contributed by atoms with E-state index in [4.69, 9.17) is 9.47 Å². The Morgan fingerprint density at radius 1 is 0.810 bits per heavy atom. The molecule has 0 unspecified atom stereocenters. The fraction of sp³-hybridized carbons (Fsp3) is 0.333. The SMILES string of the molecule is COc1ccc(C[C@H](NC(=O)[C@@H](NC(=O)[C@H](Cc2ccc(OC)cc2)NC(=O)c2cccnc2)C(C)C)B(O)O)cc1. The quantitative estimate of drug-likeness (QED) is 0.180. The number of carbonyl (C=O) groups is 3. The third-order valence-corrected chi connectivity index (χ3v) is 6.69. The van der Waals surface area contributed by atoms with E-state index in [0.29, 0.717) is 11.5 Å². The average molecular weight is 576 g/mol. The zero-order valence-electron chi connectivity index (χ0n) is 24.1. The first-order chi connectivity index (χ1) is 20.1. The largest absolute Gasteiger partial charge is 0.497 e. The molecule has 222 valence electrons. The van der Waals surface area contributed by atoms with Crippen LogP contribution in [-0.4, -0.2) is 72.1 Å². The fourth-order valence-electron chi connectivity index (χ4n) is 4.25. The number of carbonyl (C=O) groups excluding carboxylic acids is 3. The number of pyridine rings is 1. The first kappa shape index (κ1) is 32.1. The molecule has 2 aromatic carbocycles. The van der Waals surface area contributed by atoms with Gasteiger partial charge in [-0.15, -0.1) is 0 Å². The van der Waals surface area contributed by atoms with Gasteiger partial charge >= 0.3 is 7.12 Å². The monoisotopic (exact) mass is 576 g/mol. The van der Waals surface area contributed by atoms with Gasteiger partial charge in [-0.2, -0.15) is 0 Å². The summed E-state index contributed by atoms with van der Waals surface area (Å²) in [5.74, 6) is -1.77. The number of methoxy groups -OCH3 is 2. The van der Waals surface area contributed by atoms with Gasteiger partial charge in [-0.05, 0) is 59.9 Å². The van der Waals surface area contributed by atoms with Crippen molar-refractivity contribution >= 4 is 24.8 Å². The van der Waals surface area contributed by atoms with E-state index in [9.17, 15) is 24.4 Å². The van der Waals surface area contributed by atoms with Crippen LogP contribution in [0.3, 0.4) is 0 Å². The molecule has 42 heavy (non-hydrogen) atoms. The van der Waals surface area contributed by atoms with Crippen LogP contribution < -0.4 is 25.4 Å². The van der Waals surface area contributed by atoms with E-state index in [0.717, 1.165) is 11.1 Å². The summed E-state index contributed by atoms with van der Waals surface area (Å²) in [6.45, 7) is 3.51. The van der Waals surface area contributed by atoms with Crippen LogP contribution in [0, 0.1) is 5.92 Å². The van der Waals surface area contributed by atoms with Gasteiger partial charge in [0.25, 0.3) is 5.91 Å². The molecule has 5 N–H and O–H groups in total. The molecule has 3 amide bonds. The van der Waals surface area contributed by atoms with Gasteiger partial charge in [0.1, 0.15) is 23.6 Å². The van der Waals surface area contributed by atoms with Crippen molar-refractivity contribution in [2.75, 3.05) is 14.2 Å². The normalized spacial score (nSPS) is 12.9. The third kappa shape index (κ3) is 9.32. The molecular weight excluding hydrogens is 539 g/mol. The highest BCUT2D eigenvalue weighted by molar-refractivity contribution is 6.43. The molecule has 0 saturated carbocycles. The maximum absolute atomic E-state index is 13.6. The van der Waals surface area contributed by atoms with E-state index >= 15 is 0 Å². The van der Waals surface area contributed by atoms with Gasteiger partial charge in [0.05, 0.1) is 25.7 Å². The minimum Gasteiger partial charge on any atom is -0.497 e. The molecule has 0 aliphatic rings. The topological polar surface area (TPSA) is 159 Å². The molecule has 1 heterocycles. The van der Waals surface area contributed by atoms with Gasteiger partial charge in [-0.3, -0.25) is 19.4 Å². The van der Waals surface area contributed by atoms with Crippen LogP contribution in [-0.2, 0) is 22.4 Å². The Bertz CT molecular complexity index is 1310. The van der Waals surface area contributed by atoms with E-state index in [-0.39, 0.29) is 24.3 Å². The number of nitrogens with zero attached hydrogens (tertiary/aromatic N) is 1. The Hall–Kier alpha value is -4.42. The lowest BCUT2D eigenvalue weighted by molar-refractivity contribution is -0.131. The van der Waals surface area contributed by atoms with Crippen molar-refractivity contribution in [1.29, 1.82) is 0 Å². The lowest BCUT2D eigenvalue weighted by Crippen LogP contribution is -2.59. The van der Waals surface area contributed by atoms with Crippen LogP contribution in [0.15, 0.2) is 73.1 Å². The summed E-state index contributed by atoms with van der Waals surface area (Å²) in [6.07, 6.45) is 3.21. The number of benzene rings is 2. The molecule has 3 rings (SSSR count). The van der Waals surface area contributed by atoms with Gasteiger partial charge < -0.3 is 35.5 Å². The number of hydrogen-bond acceptors (Lipinski definition) is 8. The lowest BCUT2D eigenvalue weighted by Gasteiger charge is -2.27. The summed E-state index contributed by atoms with van der Waals surface area (Å²) in [5, 5.41) is 28.1. The van der Waals surface area contributed by atoms with E-state index in [1.54, 1.807) is 88.7 Å². The average Bonchev–Trinajstić information content (AvgIpc) is 2.99. The van der Waals surface area contributed by atoms with Gasteiger partial charge in [-0.1, -0.05) is 38.1 Å². The first-order valence-electron chi connectivity index (χ1n) is 13.5. The first-order valence-corrected chi connectivity index (χ1v) is 13.5. The molecule has 12 heteroatoms. The van der Waals surface area contributed by atoms with Crippen molar-refractivity contribution in [1.82, 2.24) is 20.9 Å².